The van der Waals surface area contributed by atoms with Gasteiger partial charge in [-0.1, -0.05) is 24.5 Å². The minimum Gasteiger partial charge on any atom is -0.390 e. The lowest BCUT2D eigenvalue weighted by Gasteiger charge is -2.56. The van der Waals surface area contributed by atoms with Crippen LogP contribution in [0.4, 0.5) is 0 Å². The van der Waals surface area contributed by atoms with E-state index in [1.165, 1.54) is 24.8 Å². The average molecular weight is 262 g/mol. The summed E-state index contributed by atoms with van der Waals surface area (Å²) in [6.07, 6.45) is 6.99. The molecule has 0 saturated heterocycles. The highest BCUT2D eigenvalue weighted by Crippen LogP contribution is 2.85. The van der Waals surface area contributed by atoms with E-state index in [1.807, 2.05) is 0 Å². The summed E-state index contributed by atoms with van der Waals surface area (Å²) in [5.74, 6) is 0. The smallest absolute Gasteiger partial charge is 0.0967 e. The van der Waals surface area contributed by atoms with Crippen molar-refractivity contribution < 1.29 is 10.2 Å². The van der Waals surface area contributed by atoms with Crippen molar-refractivity contribution in [2.24, 2.45) is 16.2 Å². The van der Waals surface area contributed by atoms with Crippen molar-refractivity contribution in [3.05, 3.63) is 11.1 Å². The number of hydrogen-bond acceptors (Lipinski definition) is 2. The maximum Gasteiger partial charge on any atom is 0.0967 e. The SMILES string of the molecule is CC(C)=C1C[C@]2(C)[C@@]34CCCC13C[C@@H](O)[C@]2(O)CC4. The third-order valence-electron chi connectivity index (χ3n) is 7.87. The molecule has 1 unspecified atom stereocenters. The Morgan fingerprint density at radius 3 is 2.58 bits per heavy atom. The second-order valence-electron chi connectivity index (χ2n) is 8.15. The fraction of sp³-hybridized carbons (Fsp3) is 0.882. The summed E-state index contributed by atoms with van der Waals surface area (Å²) in [6, 6.07) is 0. The highest BCUT2D eigenvalue weighted by atomic mass is 16.3. The van der Waals surface area contributed by atoms with Crippen LogP contribution in [0.15, 0.2) is 11.1 Å². The van der Waals surface area contributed by atoms with Gasteiger partial charge in [0.15, 0.2) is 0 Å². The lowest BCUT2D eigenvalue weighted by Crippen LogP contribution is -2.61. The van der Waals surface area contributed by atoms with E-state index in [0.29, 0.717) is 0 Å². The largest absolute Gasteiger partial charge is 0.390 e. The molecule has 2 heteroatoms. The summed E-state index contributed by atoms with van der Waals surface area (Å²) < 4.78 is 0. The third-order valence-corrected chi connectivity index (χ3v) is 7.87. The molecule has 0 radical (unpaired) electrons. The van der Waals surface area contributed by atoms with Gasteiger partial charge in [-0.25, -0.2) is 0 Å². The Kier molecular flexibility index (Phi) is 2.03. The number of rotatable bonds is 0. The van der Waals surface area contributed by atoms with E-state index in [0.717, 1.165) is 25.7 Å². The minimum atomic E-state index is -0.835. The van der Waals surface area contributed by atoms with Crippen LogP contribution >= 0.6 is 0 Å². The first-order valence-corrected chi connectivity index (χ1v) is 7.90. The second-order valence-corrected chi connectivity index (χ2v) is 8.15. The van der Waals surface area contributed by atoms with Crippen molar-refractivity contribution in [3.63, 3.8) is 0 Å². The lowest BCUT2D eigenvalue weighted by molar-refractivity contribution is -0.200. The molecule has 0 aromatic carbocycles. The fourth-order valence-electron chi connectivity index (χ4n) is 7.10. The minimum absolute atomic E-state index is 0.0965. The van der Waals surface area contributed by atoms with Crippen LogP contribution in [0.5, 0.6) is 0 Å². The van der Waals surface area contributed by atoms with Crippen molar-refractivity contribution in [3.8, 4) is 0 Å². The maximum absolute atomic E-state index is 11.2. The molecule has 4 saturated carbocycles. The summed E-state index contributed by atoms with van der Waals surface area (Å²) in [7, 11) is 0. The first-order valence-electron chi connectivity index (χ1n) is 7.90. The Hall–Kier alpha value is -0.340. The van der Waals surface area contributed by atoms with E-state index >= 15 is 0 Å². The van der Waals surface area contributed by atoms with Gasteiger partial charge in [-0.05, 0) is 57.8 Å². The summed E-state index contributed by atoms with van der Waals surface area (Å²) in [6.45, 7) is 6.73. The van der Waals surface area contributed by atoms with Gasteiger partial charge in [-0.2, -0.15) is 0 Å². The Morgan fingerprint density at radius 1 is 1.16 bits per heavy atom. The molecular formula is C17H26O2. The summed E-state index contributed by atoms with van der Waals surface area (Å²) in [5, 5.41) is 21.9. The van der Waals surface area contributed by atoms with Gasteiger partial charge in [0.25, 0.3) is 0 Å². The van der Waals surface area contributed by atoms with Crippen molar-refractivity contribution in [2.45, 2.75) is 77.4 Å². The van der Waals surface area contributed by atoms with Gasteiger partial charge in [0, 0.05) is 10.8 Å². The highest BCUT2D eigenvalue weighted by Gasteiger charge is 2.82. The second kappa shape index (κ2) is 3.12. The molecule has 0 heterocycles. The Labute approximate surface area is 115 Å². The normalized spacial score (nSPS) is 58.6. The quantitative estimate of drug-likeness (QED) is 0.658. The van der Waals surface area contributed by atoms with Crippen LogP contribution in [0.2, 0.25) is 0 Å². The first-order chi connectivity index (χ1) is 8.83. The van der Waals surface area contributed by atoms with E-state index < -0.39 is 11.7 Å². The summed E-state index contributed by atoms with van der Waals surface area (Å²) >= 11 is 0. The van der Waals surface area contributed by atoms with Crippen LogP contribution in [0.25, 0.3) is 0 Å². The Bertz CT molecular complexity index is 491. The van der Waals surface area contributed by atoms with E-state index in [2.05, 4.69) is 20.8 Å². The molecular weight excluding hydrogens is 236 g/mol. The van der Waals surface area contributed by atoms with Crippen molar-refractivity contribution in [1.29, 1.82) is 0 Å². The highest BCUT2D eigenvalue weighted by molar-refractivity contribution is 5.43. The standard InChI is InChI=1S/C17H26O2/c1-11(2)12-9-14(3)16-6-4-5-15(12,16)10-13(18)17(14,19)8-7-16/h13,18-19H,4-10H2,1-3H3/t13-,14-,15?,16+,17-/m1/s1. The fourth-order valence-corrected chi connectivity index (χ4v) is 7.10. The molecule has 2 N–H and O–H groups in total. The zero-order chi connectivity index (χ0) is 13.7. The van der Waals surface area contributed by atoms with Gasteiger partial charge in [0.2, 0.25) is 0 Å². The summed E-state index contributed by atoms with van der Waals surface area (Å²) in [5.41, 5.74) is 2.58. The number of hydrogen-bond donors (Lipinski definition) is 2. The predicted octanol–water partition coefficient (Wildman–Crippen LogP) is 3.18. The molecule has 0 aromatic heterocycles. The van der Waals surface area contributed by atoms with Gasteiger partial charge >= 0.3 is 0 Å². The molecule has 0 amide bonds. The summed E-state index contributed by atoms with van der Waals surface area (Å²) in [4.78, 5) is 0. The molecule has 4 fully saturated rings. The average Bonchev–Trinajstić information content (AvgIpc) is 2.83. The van der Waals surface area contributed by atoms with Crippen LogP contribution in [-0.2, 0) is 0 Å². The van der Waals surface area contributed by atoms with E-state index in [9.17, 15) is 10.2 Å². The molecule has 2 nitrogen and oxygen atoms in total. The zero-order valence-corrected chi connectivity index (χ0v) is 12.4. The van der Waals surface area contributed by atoms with Crippen LogP contribution in [0.3, 0.4) is 0 Å². The molecule has 19 heavy (non-hydrogen) atoms. The van der Waals surface area contributed by atoms with Gasteiger partial charge in [0.05, 0.1) is 11.7 Å². The van der Waals surface area contributed by atoms with Crippen molar-refractivity contribution in [2.75, 3.05) is 0 Å². The van der Waals surface area contributed by atoms with Crippen LogP contribution in [-0.4, -0.2) is 21.9 Å². The van der Waals surface area contributed by atoms with Crippen LogP contribution in [0.1, 0.15) is 65.7 Å². The Balaban J connectivity index is 2.04. The third kappa shape index (κ3) is 0.946. The molecule has 4 bridgehead atoms. The topological polar surface area (TPSA) is 40.5 Å². The first kappa shape index (κ1) is 12.4. The lowest BCUT2D eigenvalue weighted by atomic mass is 9.50. The van der Waals surface area contributed by atoms with E-state index in [-0.39, 0.29) is 16.2 Å². The Morgan fingerprint density at radius 2 is 1.89 bits per heavy atom. The van der Waals surface area contributed by atoms with Crippen LogP contribution < -0.4 is 0 Å². The van der Waals surface area contributed by atoms with Crippen molar-refractivity contribution in [1.82, 2.24) is 0 Å². The van der Waals surface area contributed by atoms with Gasteiger partial charge in [-0.15, -0.1) is 0 Å². The molecule has 5 atom stereocenters. The molecule has 4 aliphatic rings. The molecule has 106 valence electrons. The van der Waals surface area contributed by atoms with Gasteiger partial charge in [-0.3, -0.25) is 0 Å². The molecule has 0 aromatic rings. The van der Waals surface area contributed by atoms with E-state index in [4.69, 9.17) is 0 Å². The van der Waals surface area contributed by atoms with Gasteiger partial charge in [0.1, 0.15) is 0 Å². The predicted molar refractivity (Wildman–Crippen MR) is 74.6 cm³/mol. The maximum atomic E-state index is 11.2. The van der Waals surface area contributed by atoms with Crippen LogP contribution in [0, 0.1) is 16.2 Å². The number of allylic oxidation sites excluding steroid dienone is 2. The molecule has 0 aliphatic heterocycles. The molecule has 1 spiro atoms. The molecule has 4 rings (SSSR count). The zero-order valence-electron chi connectivity index (χ0n) is 12.4. The number of aliphatic hydroxyl groups excluding tert-OH is 1. The number of aliphatic hydroxyl groups is 2. The van der Waals surface area contributed by atoms with E-state index in [1.54, 1.807) is 5.57 Å². The molecule has 4 aliphatic carbocycles. The monoisotopic (exact) mass is 262 g/mol. The van der Waals surface area contributed by atoms with Gasteiger partial charge < -0.3 is 10.2 Å². The van der Waals surface area contributed by atoms with Crippen molar-refractivity contribution >= 4 is 0 Å².